The van der Waals surface area contributed by atoms with E-state index in [-0.39, 0.29) is 5.82 Å². The second-order valence-electron chi connectivity index (χ2n) is 4.74. The summed E-state index contributed by atoms with van der Waals surface area (Å²) in [7, 11) is 1.59. The van der Waals surface area contributed by atoms with E-state index >= 15 is 0 Å². The topological polar surface area (TPSA) is 21.3 Å². The van der Waals surface area contributed by atoms with Crippen LogP contribution in [-0.4, -0.2) is 20.2 Å². The summed E-state index contributed by atoms with van der Waals surface area (Å²) in [5.41, 5.74) is 1.49. The van der Waals surface area contributed by atoms with Crippen molar-refractivity contribution in [2.75, 3.05) is 20.2 Å². The Bertz CT molecular complexity index is 361. The molecule has 3 heteroatoms. The monoisotopic (exact) mass is 237 g/mol. The first kappa shape index (κ1) is 12.5. The molecule has 1 aromatic rings. The maximum Gasteiger partial charge on any atom is 0.131 e. The largest absolute Gasteiger partial charge is 0.380 e. The Labute approximate surface area is 102 Å². The van der Waals surface area contributed by atoms with Crippen LogP contribution in [0, 0.1) is 11.7 Å². The third-order valence-electron chi connectivity index (χ3n) is 3.37. The minimum Gasteiger partial charge on any atom is -0.380 e. The lowest BCUT2D eigenvalue weighted by Gasteiger charge is -2.23. The molecular formula is C14H20FNO. The average Bonchev–Trinajstić information content (AvgIpc) is 2.36. The molecule has 2 nitrogen and oxygen atoms in total. The van der Waals surface area contributed by atoms with Gasteiger partial charge in [0.2, 0.25) is 0 Å². The standard InChI is InChI=1S/C14H20FNO/c1-17-10-13-6-2-5-12(14(13)15)8-11-4-3-7-16-9-11/h2,5-6,11,16H,3-4,7-10H2,1H3. The Kier molecular flexibility index (Phi) is 4.51. The molecule has 2 rings (SSSR count). The molecule has 1 unspecified atom stereocenters. The first-order valence-corrected chi connectivity index (χ1v) is 6.27. The van der Waals surface area contributed by atoms with E-state index in [1.54, 1.807) is 13.2 Å². The molecule has 1 aliphatic rings. The van der Waals surface area contributed by atoms with Crippen molar-refractivity contribution in [3.8, 4) is 0 Å². The summed E-state index contributed by atoms with van der Waals surface area (Å²) >= 11 is 0. The first-order chi connectivity index (χ1) is 8.31. The van der Waals surface area contributed by atoms with Gasteiger partial charge in [0, 0.05) is 12.7 Å². The molecule has 1 saturated heterocycles. The molecule has 1 N–H and O–H groups in total. The number of benzene rings is 1. The van der Waals surface area contributed by atoms with Crippen molar-refractivity contribution in [3.05, 3.63) is 35.1 Å². The van der Waals surface area contributed by atoms with Crippen LogP contribution in [-0.2, 0) is 17.8 Å². The molecule has 0 saturated carbocycles. The maximum atomic E-state index is 14.1. The van der Waals surface area contributed by atoms with Crippen LogP contribution in [0.5, 0.6) is 0 Å². The Morgan fingerprint density at radius 1 is 1.41 bits per heavy atom. The molecule has 1 aromatic carbocycles. The van der Waals surface area contributed by atoms with E-state index in [0.29, 0.717) is 18.1 Å². The minimum atomic E-state index is -0.0834. The summed E-state index contributed by atoms with van der Waals surface area (Å²) < 4.78 is 19.1. The molecule has 94 valence electrons. The summed E-state index contributed by atoms with van der Waals surface area (Å²) in [6.45, 7) is 2.46. The second kappa shape index (κ2) is 6.12. The van der Waals surface area contributed by atoms with Crippen molar-refractivity contribution < 1.29 is 9.13 Å². The Hall–Kier alpha value is -0.930. The van der Waals surface area contributed by atoms with Crippen molar-refractivity contribution in [3.63, 3.8) is 0 Å². The highest BCUT2D eigenvalue weighted by Gasteiger charge is 2.16. The first-order valence-electron chi connectivity index (χ1n) is 6.27. The highest BCUT2D eigenvalue weighted by Crippen LogP contribution is 2.21. The number of hydrogen-bond donors (Lipinski definition) is 1. The lowest BCUT2D eigenvalue weighted by atomic mass is 9.91. The van der Waals surface area contributed by atoms with Crippen LogP contribution < -0.4 is 5.32 Å². The predicted octanol–water partition coefficient (Wildman–Crippen LogP) is 2.51. The van der Waals surface area contributed by atoms with Crippen LogP contribution in [0.3, 0.4) is 0 Å². The van der Waals surface area contributed by atoms with Gasteiger partial charge in [0.15, 0.2) is 0 Å². The van der Waals surface area contributed by atoms with Gasteiger partial charge >= 0.3 is 0 Å². The predicted molar refractivity (Wildman–Crippen MR) is 66.4 cm³/mol. The van der Waals surface area contributed by atoms with Crippen molar-refractivity contribution in [2.45, 2.75) is 25.9 Å². The second-order valence-corrected chi connectivity index (χ2v) is 4.74. The fourth-order valence-corrected chi connectivity index (χ4v) is 2.47. The van der Waals surface area contributed by atoms with E-state index in [4.69, 9.17) is 4.74 Å². The van der Waals surface area contributed by atoms with Crippen LogP contribution in [0.1, 0.15) is 24.0 Å². The molecule has 1 atom stereocenters. The molecule has 0 aromatic heterocycles. The molecule has 1 aliphatic heterocycles. The highest BCUT2D eigenvalue weighted by molar-refractivity contribution is 5.26. The van der Waals surface area contributed by atoms with E-state index in [0.717, 1.165) is 25.1 Å². The van der Waals surface area contributed by atoms with E-state index in [1.165, 1.54) is 12.8 Å². The Morgan fingerprint density at radius 2 is 2.24 bits per heavy atom. The summed E-state index contributed by atoms with van der Waals surface area (Å²) in [4.78, 5) is 0. The van der Waals surface area contributed by atoms with E-state index in [2.05, 4.69) is 5.32 Å². The zero-order valence-electron chi connectivity index (χ0n) is 10.3. The van der Waals surface area contributed by atoms with E-state index in [9.17, 15) is 4.39 Å². The summed E-state index contributed by atoms with van der Waals surface area (Å²) in [5.74, 6) is 0.482. The third-order valence-corrected chi connectivity index (χ3v) is 3.37. The normalized spacial score (nSPS) is 20.5. The highest BCUT2D eigenvalue weighted by atomic mass is 19.1. The molecule has 0 spiro atoms. The third kappa shape index (κ3) is 3.27. The van der Waals surface area contributed by atoms with Gasteiger partial charge in [-0.25, -0.2) is 4.39 Å². The Balaban J connectivity index is 2.06. The molecule has 17 heavy (non-hydrogen) atoms. The van der Waals surface area contributed by atoms with Crippen molar-refractivity contribution >= 4 is 0 Å². The molecule has 0 aliphatic carbocycles. The number of piperidine rings is 1. The van der Waals surface area contributed by atoms with Crippen LogP contribution in [0.4, 0.5) is 4.39 Å². The zero-order valence-corrected chi connectivity index (χ0v) is 10.3. The fourth-order valence-electron chi connectivity index (χ4n) is 2.47. The van der Waals surface area contributed by atoms with Gasteiger partial charge in [-0.1, -0.05) is 18.2 Å². The van der Waals surface area contributed by atoms with Crippen molar-refractivity contribution in [1.29, 1.82) is 0 Å². The average molecular weight is 237 g/mol. The van der Waals surface area contributed by atoms with Crippen LogP contribution in [0.25, 0.3) is 0 Å². The molecule has 0 amide bonds. The van der Waals surface area contributed by atoms with Crippen LogP contribution >= 0.6 is 0 Å². The molecule has 0 bridgehead atoms. The van der Waals surface area contributed by atoms with E-state index in [1.807, 2.05) is 12.1 Å². The van der Waals surface area contributed by atoms with Gasteiger partial charge in [0.1, 0.15) is 5.82 Å². The van der Waals surface area contributed by atoms with Gasteiger partial charge in [-0.3, -0.25) is 0 Å². The SMILES string of the molecule is COCc1cccc(CC2CCCNC2)c1F. The van der Waals surface area contributed by atoms with Gasteiger partial charge in [-0.05, 0) is 43.8 Å². The lowest BCUT2D eigenvalue weighted by Crippen LogP contribution is -2.31. The Morgan fingerprint density at radius 3 is 2.94 bits per heavy atom. The summed E-state index contributed by atoms with van der Waals surface area (Å²) in [6, 6.07) is 5.60. The van der Waals surface area contributed by atoms with E-state index < -0.39 is 0 Å². The van der Waals surface area contributed by atoms with Gasteiger partial charge in [0.25, 0.3) is 0 Å². The number of rotatable bonds is 4. The fraction of sp³-hybridized carbons (Fsp3) is 0.571. The van der Waals surface area contributed by atoms with Crippen molar-refractivity contribution in [2.24, 2.45) is 5.92 Å². The summed E-state index contributed by atoms with van der Waals surface area (Å²) in [5, 5.41) is 3.37. The quantitative estimate of drug-likeness (QED) is 0.868. The van der Waals surface area contributed by atoms with Crippen molar-refractivity contribution in [1.82, 2.24) is 5.32 Å². The zero-order chi connectivity index (χ0) is 12.1. The number of ether oxygens (including phenoxy) is 1. The van der Waals surface area contributed by atoms with Gasteiger partial charge in [-0.15, -0.1) is 0 Å². The molecular weight excluding hydrogens is 217 g/mol. The maximum absolute atomic E-state index is 14.1. The van der Waals surface area contributed by atoms with Gasteiger partial charge in [-0.2, -0.15) is 0 Å². The van der Waals surface area contributed by atoms with Gasteiger partial charge in [0.05, 0.1) is 6.61 Å². The smallest absolute Gasteiger partial charge is 0.131 e. The van der Waals surface area contributed by atoms with Gasteiger partial charge < -0.3 is 10.1 Å². The number of nitrogens with one attached hydrogen (secondary N) is 1. The summed E-state index contributed by atoms with van der Waals surface area (Å²) in [6.07, 6.45) is 3.22. The molecule has 1 heterocycles. The number of hydrogen-bond acceptors (Lipinski definition) is 2. The lowest BCUT2D eigenvalue weighted by molar-refractivity contribution is 0.181. The van der Waals surface area contributed by atoms with Crippen LogP contribution in [0.15, 0.2) is 18.2 Å². The van der Waals surface area contributed by atoms with Crippen LogP contribution in [0.2, 0.25) is 0 Å². The molecule has 1 fully saturated rings. The number of methoxy groups -OCH3 is 1. The minimum absolute atomic E-state index is 0.0834. The number of halogens is 1. The molecule has 0 radical (unpaired) electrons.